The summed E-state index contributed by atoms with van der Waals surface area (Å²) in [5.41, 5.74) is 3.80. The van der Waals surface area contributed by atoms with Gasteiger partial charge in [0.05, 0.1) is 6.10 Å². The molecule has 4 nitrogen and oxygen atoms in total. The summed E-state index contributed by atoms with van der Waals surface area (Å²) < 4.78 is 0. The Balaban J connectivity index is 1.93. The molecule has 0 bridgehead atoms. The van der Waals surface area contributed by atoms with E-state index in [-0.39, 0.29) is 12.6 Å². The zero-order valence-corrected chi connectivity index (χ0v) is 13.0. The molecule has 2 amide bonds. The Morgan fingerprint density at radius 3 is 2.86 bits per heavy atom. The lowest BCUT2D eigenvalue weighted by molar-refractivity contribution is 0.175. The number of urea groups is 1. The second-order valence-corrected chi connectivity index (χ2v) is 5.65. The summed E-state index contributed by atoms with van der Waals surface area (Å²) in [5.74, 6) is 0. The molecule has 3 N–H and O–H groups in total. The summed E-state index contributed by atoms with van der Waals surface area (Å²) in [4.78, 5) is 12.0. The standard InChI is InChI=1S/C16H20N2O2S/c1-3-12-6-4-5-11(2)15(12)18-16(20)17-9-14(19)13-7-8-21-10-13/h4-8,10,14,19H,3,9H2,1-2H3,(H2,17,18,20). The van der Waals surface area contributed by atoms with Crippen LogP contribution in [0.2, 0.25) is 0 Å². The van der Waals surface area contributed by atoms with Gasteiger partial charge in [-0.1, -0.05) is 25.1 Å². The van der Waals surface area contributed by atoms with E-state index in [1.54, 1.807) is 0 Å². The van der Waals surface area contributed by atoms with Crippen LogP contribution in [0.1, 0.15) is 29.7 Å². The largest absolute Gasteiger partial charge is 0.387 e. The number of thiophene rings is 1. The number of aliphatic hydroxyl groups excluding tert-OH is 1. The van der Waals surface area contributed by atoms with Crippen molar-refractivity contribution in [2.24, 2.45) is 0 Å². The molecule has 1 aromatic carbocycles. The highest BCUT2D eigenvalue weighted by Crippen LogP contribution is 2.21. The third-order valence-electron chi connectivity index (χ3n) is 3.36. The molecule has 0 fully saturated rings. The highest BCUT2D eigenvalue weighted by atomic mass is 32.1. The average Bonchev–Trinajstić information content (AvgIpc) is 3.01. The van der Waals surface area contributed by atoms with Crippen molar-refractivity contribution in [3.05, 3.63) is 51.7 Å². The number of carbonyl (C=O) groups excluding carboxylic acids is 1. The van der Waals surface area contributed by atoms with Gasteiger partial charge in [0.25, 0.3) is 0 Å². The van der Waals surface area contributed by atoms with Gasteiger partial charge in [-0.25, -0.2) is 4.79 Å². The molecule has 0 spiro atoms. The third-order valence-corrected chi connectivity index (χ3v) is 4.06. The number of aliphatic hydroxyl groups is 1. The number of hydrogen-bond donors (Lipinski definition) is 3. The lowest BCUT2D eigenvalue weighted by atomic mass is 10.1. The van der Waals surface area contributed by atoms with Crippen molar-refractivity contribution >= 4 is 23.1 Å². The normalized spacial score (nSPS) is 12.0. The zero-order valence-electron chi connectivity index (χ0n) is 12.2. The van der Waals surface area contributed by atoms with Gasteiger partial charge in [-0.05, 0) is 46.9 Å². The summed E-state index contributed by atoms with van der Waals surface area (Å²) in [6.07, 6.45) is 0.180. The van der Waals surface area contributed by atoms with Crippen LogP contribution in [-0.4, -0.2) is 17.7 Å². The van der Waals surface area contributed by atoms with E-state index in [2.05, 4.69) is 17.6 Å². The van der Waals surface area contributed by atoms with E-state index in [1.807, 2.05) is 41.9 Å². The van der Waals surface area contributed by atoms with E-state index in [9.17, 15) is 9.90 Å². The predicted octanol–water partition coefficient (Wildman–Crippen LogP) is 3.47. The second kappa shape index (κ2) is 7.24. The average molecular weight is 304 g/mol. The Morgan fingerprint density at radius 1 is 1.38 bits per heavy atom. The molecule has 2 aromatic rings. The van der Waals surface area contributed by atoms with Crippen molar-refractivity contribution in [3.8, 4) is 0 Å². The van der Waals surface area contributed by atoms with Crippen LogP contribution in [-0.2, 0) is 6.42 Å². The van der Waals surface area contributed by atoms with Crippen molar-refractivity contribution in [2.75, 3.05) is 11.9 Å². The lowest BCUT2D eigenvalue weighted by Crippen LogP contribution is -2.32. The fourth-order valence-electron chi connectivity index (χ4n) is 2.13. The van der Waals surface area contributed by atoms with Gasteiger partial charge < -0.3 is 15.7 Å². The van der Waals surface area contributed by atoms with Gasteiger partial charge in [0.2, 0.25) is 0 Å². The van der Waals surface area contributed by atoms with E-state index in [0.29, 0.717) is 0 Å². The first kappa shape index (κ1) is 15.5. The van der Waals surface area contributed by atoms with Gasteiger partial charge in [-0.2, -0.15) is 11.3 Å². The maximum atomic E-state index is 12.0. The number of amides is 2. The van der Waals surface area contributed by atoms with Crippen LogP contribution in [0.15, 0.2) is 35.0 Å². The zero-order chi connectivity index (χ0) is 15.2. The minimum absolute atomic E-state index is 0.190. The number of carbonyl (C=O) groups is 1. The van der Waals surface area contributed by atoms with E-state index < -0.39 is 6.10 Å². The van der Waals surface area contributed by atoms with Crippen molar-refractivity contribution in [1.29, 1.82) is 0 Å². The fraction of sp³-hybridized carbons (Fsp3) is 0.312. The molecule has 0 aliphatic carbocycles. The number of hydrogen-bond acceptors (Lipinski definition) is 3. The van der Waals surface area contributed by atoms with E-state index in [1.165, 1.54) is 11.3 Å². The van der Waals surface area contributed by atoms with Crippen LogP contribution in [0.3, 0.4) is 0 Å². The number of para-hydroxylation sites is 1. The highest BCUT2D eigenvalue weighted by Gasteiger charge is 2.11. The van der Waals surface area contributed by atoms with Crippen LogP contribution in [0, 0.1) is 6.92 Å². The quantitative estimate of drug-likeness (QED) is 0.792. The molecule has 0 saturated heterocycles. The number of benzene rings is 1. The molecule has 0 aliphatic heterocycles. The van der Waals surface area contributed by atoms with Crippen molar-refractivity contribution in [2.45, 2.75) is 26.4 Å². The molecule has 0 aliphatic rings. The van der Waals surface area contributed by atoms with Crippen LogP contribution >= 0.6 is 11.3 Å². The van der Waals surface area contributed by atoms with Crippen LogP contribution < -0.4 is 10.6 Å². The van der Waals surface area contributed by atoms with Crippen LogP contribution in [0.25, 0.3) is 0 Å². The lowest BCUT2D eigenvalue weighted by Gasteiger charge is -2.15. The maximum Gasteiger partial charge on any atom is 0.319 e. The molecule has 1 heterocycles. The van der Waals surface area contributed by atoms with E-state index >= 15 is 0 Å². The minimum Gasteiger partial charge on any atom is -0.387 e. The van der Waals surface area contributed by atoms with Gasteiger partial charge in [0, 0.05) is 12.2 Å². The van der Waals surface area contributed by atoms with Gasteiger partial charge in [-0.3, -0.25) is 0 Å². The molecule has 112 valence electrons. The summed E-state index contributed by atoms with van der Waals surface area (Å²) in [6.45, 7) is 4.21. The van der Waals surface area contributed by atoms with Gasteiger partial charge in [0.1, 0.15) is 0 Å². The smallest absolute Gasteiger partial charge is 0.319 e. The SMILES string of the molecule is CCc1cccc(C)c1NC(=O)NCC(O)c1ccsc1. The molecule has 2 rings (SSSR count). The molecular formula is C16H20N2O2S. The number of aryl methyl sites for hydroxylation is 2. The molecule has 21 heavy (non-hydrogen) atoms. The van der Waals surface area contributed by atoms with E-state index in [4.69, 9.17) is 0 Å². The van der Waals surface area contributed by atoms with Crippen LogP contribution in [0.5, 0.6) is 0 Å². The summed E-state index contributed by atoms with van der Waals surface area (Å²) >= 11 is 1.52. The molecule has 1 aromatic heterocycles. The van der Waals surface area contributed by atoms with Crippen molar-refractivity contribution < 1.29 is 9.90 Å². The van der Waals surface area contributed by atoms with E-state index in [0.717, 1.165) is 28.8 Å². The van der Waals surface area contributed by atoms with Crippen molar-refractivity contribution in [1.82, 2.24) is 5.32 Å². The van der Waals surface area contributed by atoms with Crippen LogP contribution in [0.4, 0.5) is 10.5 Å². The first-order valence-electron chi connectivity index (χ1n) is 6.95. The Morgan fingerprint density at radius 2 is 2.19 bits per heavy atom. The minimum atomic E-state index is -0.676. The summed E-state index contributed by atoms with van der Waals surface area (Å²) in [5, 5.41) is 19.3. The Kier molecular flexibility index (Phi) is 5.36. The predicted molar refractivity (Wildman–Crippen MR) is 86.9 cm³/mol. The Hall–Kier alpha value is -1.85. The molecule has 5 heteroatoms. The molecule has 0 radical (unpaired) electrons. The summed E-state index contributed by atoms with van der Waals surface area (Å²) in [6, 6.07) is 7.51. The number of nitrogens with one attached hydrogen (secondary N) is 2. The van der Waals surface area contributed by atoms with Crippen molar-refractivity contribution in [3.63, 3.8) is 0 Å². The first-order chi connectivity index (χ1) is 10.1. The maximum absolute atomic E-state index is 12.0. The fourth-order valence-corrected chi connectivity index (χ4v) is 2.84. The second-order valence-electron chi connectivity index (χ2n) is 4.87. The molecule has 1 atom stereocenters. The number of rotatable bonds is 5. The molecule has 0 saturated carbocycles. The summed E-state index contributed by atoms with van der Waals surface area (Å²) in [7, 11) is 0. The van der Waals surface area contributed by atoms with Gasteiger partial charge in [-0.15, -0.1) is 0 Å². The van der Waals surface area contributed by atoms with Gasteiger partial charge >= 0.3 is 6.03 Å². The topological polar surface area (TPSA) is 61.4 Å². The molecule has 1 unspecified atom stereocenters. The Labute approximate surface area is 128 Å². The molecular weight excluding hydrogens is 284 g/mol. The monoisotopic (exact) mass is 304 g/mol. The Bertz CT molecular complexity index is 596. The first-order valence-corrected chi connectivity index (χ1v) is 7.89. The van der Waals surface area contributed by atoms with Gasteiger partial charge in [0.15, 0.2) is 0 Å². The number of anilines is 1. The highest BCUT2D eigenvalue weighted by molar-refractivity contribution is 7.07. The third kappa shape index (κ3) is 4.06.